The zero-order chi connectivity index (χ0) is 84.7. The van der Waals surface area contributed by atoms with Crippen LogP contribution in [0.2, 0.25) is 0 Å². The van der Waals surface area contributed by atoms with Gasteiger partial charge in [-0.3, -0.25) is 9.59 Å². The van der Waals surface area contributed by atoms with Gasteiger partial charge in [0, 0.05) is 50.5 Å². The van der Waals surface area contributed by atoms with E-state index in [1.165, 1.54) is 466 Å². The van der Waals surface area contributed by atoms with E-state index in [1.54, 1.807) is 31.3 Å². The van der Waals surface area contributed by atoms with E-state index in [0.717, 1.165) is 30.6 Å². The molecule has 120 heavy (non-hydrogen) atoms. The Morgan fingerprint density at radius 1 is 0.275 bits per heavy atom. The molecule has 4 saturated carbocycles. The van der Waals surface area contributed by atoms with Crippen molar-refractivity contribution in [2.45, 2.75) is 531 Å². The maximum atomic E-state index is 17.0. The van der Waals surface area contributed by atoms with Crippen LogP contribution >= 0.6 is 45.3 Å². The molecule has 0 N–H and O–H groups in total. The maximum absolute atomic E-state index is 17.0. The fourth-order valence-electron chi connectivity index (χ4n) is 24.8. The number of aryl methyl sites for hydroxylation is 4. The molecule has 0 radical (unpaired) electrons. The molecule has 14 atom stereocenters. The summed E-state index contributed by atoms with van der Waals surface area (Å²) < 4.78 is 3.22. The van der Waals surface area contributed by atoms with Crippen LogP contribution in [0.3, 0.4) is 0 Å². The molecule has 682 valence electrons. The summed E-state index contributed by atoms with van der Waals surface area (Å²) in [5, 5.41) is 3.18. The molecular formula is C114H190O2S4. The highest BCUT2D eigenvalue weighted by Gasteiger charge is 2.63. The average Bonchev–Trinajstić information content (AvgIpc) is 1.55. The number of rotatable bonds is 73. The first kappa shape index (κ1) is 102. The SMILES string of the molecule is CCCCCCCCCCCCC(CCCCCCCC)CC1CC2C(CC(CC(CCCCCCCC)CCCCCCCCCCCC)C3CC(c4ccc(-c5cc6c(CCC(CCCCCC)CCCCCCCC)c7sc(C)cc7c(CCC(CCCCCC)CCCCCCCC)c6s5)s4)C(=O)C32)C2C(=O)C(c3ccc(C)s3)CC12. The Morgan fingerprint density at radius 3 is 0.900 bits per heavy atom. The lowest BCUT2D eigenvalue weighted by atomic mass is 9.50. The normalized spacial score (nSPS) is 21.6. The second kappa shape index (κ2) is 59.9. The number of carbonyl (C=O) groups is 2. The number of thiophene rings is 4. The van der Waals surface area contributed by atoms with E-state index in [1.807, 2.05) is 22.7 Å². The molecule has 4 fully saturated rings. The van der Waals surface area contributed by atoms with Crippen molar-refractivity contribution in [3.8, 4) is 9.75 Å². The lowest BCUT2D eigenvalue weighted by Crippen LogP contribution is -2.50. The number of Topliss-reactive ketones (excluding diaryl/α,β-unsaturated/α-hetero) is 2. The molecule has 9 rings (SSSR count). The molecule has 0 bridgehead atoms. The van der Waals surface area contributed by atoms with Crippen LogP contribution in [-0.2, 0) is 22.4 Å². The zero-order valence-electron chi connectivity index (χ0n) is 80.5. The molecular weight excluding hydrogens is 1530 g/mol. The average molecular weight is 1720 g/mol. The van der Waals surface area contributed by atoms with E-state index in [9.17, 15) is 0 Å². The Morgan fingerprint density at radius 2 is 0.567 bits per heavy atom. The Bertz CT molecular complexity index is 3370. The molecule has 4 aliphatic carbocycles. The molecule has 4 aliphatic rings. The van der Waals surface area contributed by atoms with Crippen LogP contribution in [0, 0.1) is 84.9 Å². The fourth-order valence-corrected chi connectivity index (χ4v) is 29.4. The van der Waals surface area contributed by atoms with Crippen LogP contribution < -0.4 is 0 Å². The van der Waals surface area contributed by atoms with E-state index >= 15 is 9.59 Å². The van der Waals surface area contributed by atoms with Crippen LogP contribution in [-0.4, -0.2) is 11.6 Å². The van der Waals surface area contributed by atoms with Gasteiger partial charge < -0.3 is 0 Å². The summed E-state index contributed by atoms with van der Waals surface area (Å²) in [5.74, 6) is 7.01. The maximum Gasteiger partial charge on any atom is 0.144 e. The quantitative estimate of drug-likeness (QED) is 0.0364. The monoisotopic (exact) mass is 1720 g/mol. The standard InChI is InChI=1S/C114H190O2S4/c1-11-19-27-35-41-43-45-47-53-61-69-91(67-59-51-39-31-23-15-5)80-93-82-100-99(109-97(93)84-103(111(109)115)105-76-71-87(9)117-105)83-94(81-92(68-60-52-40-32-24-16-6)70-62-54-48-46-44-42-36-28-20-12-2)98-85-104(112(116)110(98)100)106-77-78-107(119-106)108-86-102-96(75-73-90(64-56-34-26-18-8)66-58-50-38-30-22-14-4)113-101(79-88(10)118-113)95(114(102)120-108)74-72-89(63-55-33-25-17-7)65-57-49-37-29-21-13-3/h71,76-79,86,89-94,97-100,103-104,109-110H,11-70,72-75,80-85H2,1-10H3. The van der Waals surface area contributed by atoms with Crippen molar-refractivity contribution >= 4 is 77.1 Å². The summed E-state index contributed by atoms with van der Waals surface area (Å²) in [7, 11) is 0. The van der Waals surface area contributed by atoms with E-state index in [0.29, 0.717) is 53.0 Å². The van der Waals surface area contributed by atoms with Crippen molar-refractivity contribution < 1.29 is 9.59 Å². The van der Waals surface area contributed by atoms with Crippen molar-refractivity contribution in [3.05, 3.63) is 67.0 Å². The van der Waals surface area contributed by atoms with Gasteiger partial charge in [0.2, 0.25) is 0 Å². The van der Waals surface area contributed by atoms with Gasteiger partial charge in [0.1, 0.15) is 11.6 Å². The van der Waals surface area contributed by atoms with Crippen LogP contribution in [0.4, 0.5) is 0 Å². The minimum Gasteiger partial charge on any atom is -0.299 e. The summed E-state index contributed by atoms with van der Waals surface area (Å²) in [6.45, 7) is 23.6. The molecule has 1 aromatic carbocycles. The van der Waals surface area contributed by atoms with Crippen LogP contribution in [0.25, 0.3) is 29.9 Å². The van der Waals surface area contributed by atoms with Gasteiger partial charge in [-0.2, -0.15) is 0 Å². The number of ketones is 2. The number of hydrogen-bond donors (Lipinski definition) is 0. The predicted octanol–water partition coefficient (Wildman–Crippen LogP) is 39.7. The van der Waals surface area contributed by atoms with Gasteiger partial charge in [-0.1, -0.05) is 441 Å². The minimum absolute atomic E-state index is 0.0316. The second-order valence-corrected chi connectivity index (χ2v) is 46.3. The first-order chi connectivity index (χ1) is 59.0. The van der Waals surface area contributed by atoms with E-state index < -0.39 is 0 Å². The molecule has 4 heterocycles. The Balaban J connectivity index is 1.08. The molecule has 0 aliphatic heterocycles. The number of carbonyl (C=O) groups excluding carboxylic acids is 2. The first-order valence-corrected chi connectivity index (χ1v) is 57.4. The van der Waals surface area contributed by atoms with Gasteiger partial charge in [-0.05, 0) is 196 Å². The third-order valence-electron chi connectivity index (χ3n) is 31.8. The molecule has 0 spiro atoms. The van der Waals surface area contributed by atoms with Gasteiger partial charge >= 0.3 is 0 Å². The first-order valence-electron chi connectivity index (χ1n) is 54.2. The summed E-state index contributed by atoms with van der Waals surface area (Å²) in [6.07, 6.45) is 94.9. The summed E-state index contributed by atoms with van der Waals surface area (Å²) in [4.78, 5) is 41.7. The summed E-state index contributed by atoms with van der Waals surface area (Å²) in [6, 6.07) is 15.1. The van der Waals surface area contributed by atoms with E-state index in [-0.39, 0.29) is 23.7 Å². The van der Waals surface area contributed by atoms with Crippen LogP contribution in [0.1, 0.15) is 534 Å². The van der Waals surface area contributed by atoms with E-state index in [4.69, 9.17) is 0 Å². The van der Waals surface area contributed by atoms with Crippen molar-refractivity contribution in [2.24, 2.45) is 71.0 Å². The summed E-state index contributed by atoms with van der Waals surface area (Å²) in [5.41, 5.74) is 3.34. The van der Waals surface area contributed by atoms with Crippen LogP contribution in [0.15, 0.2) is 36.4 Å². The highest BCUT2D eigenvalue weighted by molar-refractivity contribution is 7.26. The largest absolute Gasteiger partial charge is 0.299 e. The lowest BCUT2D eigenvalue weighted by Gasteiger charge is -2.53. The molecule has 0 amide bonds. The predicted molar refractivity (Wildman–Crippen MR) is 538 cm³/mol. The van der Waals surface area contributed by atoms with Gasteiger partial charge in [-0.25, -0.2) is 0 Å². The molecule has 0 saturated heterocycles. The molecule has 14 unspecified atom stereocenters. The number of benzene rings is 1. The van der Waals surface area contributed by atoms with Gasteiger partial charge in [0.05, 0.1) is 11.8 Å². The van der Waals surface area contributed by atoms with Crippen molar-refractivity contribution in [1.82, 2.24) is 0 Å². The molecule has 5 aromatic rings. The number of unbranched alkanes of at least 4 members (excludes halogenated alkanes) is 44. The van der Waals surface area contributed by atoms with Crippen molar-refractivity contribution in [3.63, 3.8) is 0 Å². The third kappa shape index (κ3) is 33.4. The smallest absolute Gasteiger partial charge is 0.144 e. The molecule has 2 nitrogen and oxygen atoms in total. The Labute approximate surface area is 759 Å². The topological polar surface area (TPSA) is 34.1 Å². The zero-order valence-corrected chi connectivity index (χ0v) is 83.8. The fraction of sp³-hybridized carbons (Fsp3) is 0.825. The van der Waals surface area contributed by atoms with Gasteiger partial charge in [0.15, 0.2) is 0 Å². The van der Waals surface area contributed by atoms with Crippen LogP contribution in [0.5, 0.6) is 0 Å². The van der Waals surface area contributed by atoms with Crippen molar-refractivity contribution in [2.75, 3.05) is 0 Å². The van der Waals surface area contributed by atoms with Gasteiger partial charge in [0.25, 0.3) is 0 Å². The second-order valence-electron chi connectivity index (χ2n) is 41.5. The van der Waals surface area contributed by atoms with Crippen molar-refractivity contribution in [1.29, 1.82) is 0 Å². The number of hydrogen-bond acceptors (Lipinski definition) is 6. The Hall–Kier alpha value is -2.12. The highest BCUT2D eigenvalue weighted by atomic mass is 32.1. The molecule has 4 aromatic heterocycles. The lowest BCUT2D eigenvalue weighted by molar-refractivity contribution is -0.139. The van der Waals surface area contributed by atoms with E-state index in [2.05, 4.69) is 128 Å². The minimum atomic E-state index is -0.0382. The highest BCUT2D eigenvalue weighted by Crippen LogP contribution is 2.66. The molecule has 6 heteroatoms. The third-order valence-corrected chi connectivity index (χ3v) is 36.6. The summed E-state index contributed by atoms with van der Waals surface area (Å²) >= 11 is 8.25. The number of fused-ring (bicyclic) bond motifs is 7. The Kier molecular flexibility index (Phi) is 50.7. The van der Waals surface area contributed by atoms with Gasteiger partial charge in [-0.15, -0.1) is 45.3 Å².